The molecule has 1 unspecified atom stereocenters. The number of fused-ring (bicyclic) bond motifs is 1. The van der Waals surface area contributed by atoms with Gasteiger partial charge in [-0.3, -0.25) is 9.36 Å². The molecule has 1 fully saturated rings. The molecule has 37 heavy (non-hydrogen) atoms. The first-order valence-corrected chi connectivity index (χ1v) is 12.4. The van der Waals surface area contributed by atoms with E-state index in [-0.39, 0.29) is 24.1 Å². The molecular formula is C28H31N7O2. The Labute approximate surface area is 216 Å². The zero-order valence-electron chi connectivity index (χ0n) is 21.6. The molecule has 5 rings (SSSR count). The van der Waals surface area contributed by atoms with Crippen LogP contribution in [0.1, 0.15) is 36.9 Å². The van der Waals surface area contributed by atoms with Crippen molar-refractivity contribution >= 4 is 22.7 Å². The van der Waals surface area contributed by atoms with E-state index in [1.165, 1.54) is 0 Å². The van der Waals surface area contributed by atoms with Gasteiger partial charge < -0.3 is 19.5 Å². The summed E-state index contributed by atoms with van der Waals surface area (Å²) in [6.45, 7) is 6.82. The number of aromatic nitrogens is 5. The highest BCUT2D eigenvalue weighted by molar-refractivity contribution is 5.77. The Kier molecular flexibility index (Phi) is 7.04. The molecule has 9 heteroatoms. The van der Waals surface area contributed by atoms with E-state index in [0.29, 0.717) is 17.2 Å². The van der Waals surface area contributed by atoms with E-state index in [2.05, 4.69) is 51.2 Å². The van der Waals surface area contributed by atoms with Crippen LogP contribution in [0.4, 0.5) is 11.6 Å². The third-order valence-electron chi connectivity index (χ3n) is 6.35. The maximum Gasteiger partial charge on any atom is 0.268 e. The minimum absolute atomic E-state index is 0.0678. The first-order chi connectivity index (χ1) is 17.9. The van der Waals surface area contributed by atoms with Crippen LogP contribution in [0.15, 0.2) is 53.7 Å². The van der Waals surface area contributed by atoms with E-state index in [9.17, 15) is 4.79 Å². The zero-order valence-corrected chi connectivity index (χ0v) is 21.6. The van der Waals surface area contributed by atoms with Crippen molar-refractivity contribution in [2.24, 2.45) is 13.0 Å². The van der Waals surface area contributed by atoms with Crippen molar-refractivity contribution in [3.8, 4) is 11.8 Å². The van der Waals surface area contributed by atoms with Crippen molar-refractivity contribution in [3.63, 3.8) is 0 Å². The van der Waals surface area contributed by atoms with Gasteiger partial charge in [-0.15, -0.1) is 0 Å². The molecule has 4 heterocycles. The summed E-state index contributed by atoms with van der Waals surface area (Å²) < 4.78 is 9.43. The molecule has 1 N–H and O–H groups in total. The number of pyridine rings is 1. The van der Waals surface area contributed by atoms with Crippen LogP contribution in [0.5, 0.6) is 0 Å². The molecule has 0 bridgehead atoms. The van der Waals surface area contributed by atoms with Crippen molar-refractivity contribution in [2.45, 2.75) is 26.5 Å². The highest BCUT2D eigenvalue weighted by atomic mass is 16.5. The monoisotopic (exact) mass is 497 g/mol. The van der Waals surface area contributed by atoms with Crippen molar-refractivity contribution in [2.75, 3.05) is 32.1 Å². The Balaban J connectivity index is 1.48. The molecule has 1 aliphatic heterocycles. The van der Waals surface area contributed by atoms with E-state index >= 15 is 0 Å². The van der Waals surface area contributed by atoms with Crippen LogP contribution in [0.2, 0.25) is 0 Å². The van der Waals surface area contributed by atoms with E-state index in [1.807, 2.05) is 43.8 Å². The van der Waals surface area contributed by atoms with Gasteiger partial charge in [0, 0.05) is 55.7 Å². The van der Waals surface area contributed by atoms with Gasteiger partial charge in [0.2, 0.25) is 5.95 Å². The Bertz CT molecular complexity index is 1530. The molecule has 0 aliphatic carbocycles. The SMILES string of the molecule is CC(C)C#Cc1cc2cnc(Nc3ccc(C4CN(C)CCO4)cc3)nc2n(Cc2nccn2C)c1=O. The van der Waals surface area contributed by atoms with Crippen LogP contribution in [-0.4, -0.2) is 55.7 Å². The molecule has 1 aromatic carbocycles. The largest absolute Gasteiger partial charge is 0.371 e. The third-order valence-corrected chi connectivity index (χ3v) is 6.35. The van der Waals surface area contributed by atoms with E-state index in [0.717, 1.165) is 42.2 Å². The highest BCUT2D eigenvalue weighted by Crippen LogP contribution is 2.24. The van der Waals surface area contributed by atoms with Crippen LogP contribution in [0.3, 0.4) is 0 Å². The number of nitrogens with zero attached hydrogens (tertiary/aromatic N) is 6. The molecule has 9 nitrogen and oxygen atoms in total. The predicted molar refractivity (Wildman–Crippen MR) is 144 cm³/mol. The maximum absolute atomic E-state index is 13.4. The second-order valence-electron chi connectivity index (χ2n) is 9.67. The standard InChI is InChI=1S/C28H31N7O2/c1-19(2)5-6-21-15-22-16-30-28(32-26(22)35(27(21)36)18-25-29-11-12-34(25)4)31-23-9-7-20(8-10-23)24-17-33(3)13-14-37-24/h7-12,15-16,19,24H,13-14,17-18H2,1-4H3,(H,30,31,32). The van der Waals surface area contributed by atoms with Gasteiger partial charge in [-0.2, -0.15) is 4.98 Å². The summed E-state index contributed by atoms with van der Waals surface area (Å²) in [4.78, 5) is 29.3. The van der Waals surface area contributed by atoms with Crippen molar-refractivity contribution in [1.82, 2.24) is 29.0 Å². The number of nitrogens with one attached hydrogen (secondary N) is 1. The number of likely N-dealkylation sites (N-methyl/N-ethyl adjacent to an activating group) is 1. The Morgan fingerprint density at radius 1 is 1.19 bits per heavy atom. The summed E-state index contributed by atoms with van der Waals surface area (Å²) in [7, 11) is 4.01. The van der Waals surface area contributed by atoms with Gasteiger partial charge in [-0.25, -0.2) is 9.97 Å². The van der Waals surface area contributed by atoms with Gasteiger partial charge >= 0.3 is 0 Å². The summed E-state index contributed by atoms with van der Waals surface area (Å²) in [6, 6.07) is 9.87. The Hall–Kier alpha value is -4.00. The molecule has 1 saturated heterocycles. The first-order valence-electron chi connectivity index (χ1n) is 12.4. The number of imidazole rings is 1. The van der Waals surface area contributed by atoms with Crippen molar-refractivity contribution in [1.29, 1.82) is 0 Å². The summed E-state index contributed by atoms with van der Waals surface area (Å²) in [5.41, 5.74) is 2.73. The molecule has 0 spiro atoms. The van der Waals surface area contributed by atoms with Gasteiger partial charge in [0.1, 0.15) is 11.5 Å². The second kappa shape index (κ2) is 10.5. The average molecular weight is 498 g/mol. The normalized spacial score (nSPS) is 16.1. The summed E-state index contributed by atoms with van der Waals surface area (Å²) >= 11 is 0. The van der Waals surface area contributed by atoms with Crippen LogP contribution in [0.25, 0.3) is 11.0 Å². The van der Waals surface area contributed by atoms with Gasteiger partial charge in [-0.05, 0) is 30.8 Å². The lowest BCUT2D eigenvalue weighted by molar-refractivity contribution is -0.0208. The molecule has 190 valence electrons. The number of hydrogen-bond donors (Lipinski definition) is 1. The number of morpholine rings is 1. The van der Waals surface area contributed by atoms with Crippen molar-refractivity contribution in [3.05, 3.63) is 76.2 Å². The Morgan fingerprint density at radius 2 is 2.00 bits per heavy atom. The third kappa shape index (κ3) is 5.56. The van der Waals surface area contributed by atoms with Crippen LogP contribution in [0, 0.1) is 17.8 Å². The van der Waals surface area contributed by atoms with E-state index < -0.39 is 0 Å². The fraction of sp³-hybridized carbons (Fsp3) is 0.357. The van der Waals surface area contributed by atoms with Crippen LogP contribution in [-0.2, 0) is 18.3 Å². The molecule has 1 aliphatic rings. The molecule has 4 aromatic rings. The molecule has 3 aromatic heterocycles. The molecule has 1 atom stereocenters. The van der Waals surface area contributed by atoms with Crippen molar-refractivity contribution < 1.29 is 4.74 Å². The smallest absolute Gasteiger partial charge is 0.268 e. The van der Waals surface area contributed by atoms with E-state index in [1.54, 1.807) is 23.0 Å². The summed E-state index contributed by atoms with van der Waals surface area (Å²) in [5, 5.41) is 4.01. The number of ether oxygens (including phenoxy) is 1. The zero-order chi connectivity index (χ0) is 25.9. The van der Waals surface area contributed by atoms with Crippen LogP contribution < -0.4 is 10.9 Å². The minimum Gasteiger partial charge on any atom is -0.371 e. The number of rotatable bonds is 5. The molecular weight excluding hydrogens is 466 g/mol. The van der Waals surface area contributed by atoms with Gasteiger partial charge in [0.25, 0.3) is 5.56 Å². The van der Waals surface area contributed by atoms with Gasteiger partial charge in [0.15, 0.2) is 0 Å². The lowest BCUT2D eigenvalue weighted by atomic mass is 10.1. The molecule has 0 amide bonds. The van der Waals surface area contributed by atoms with Gasteiger partial charge in [-0.1, -0.05) is 37.8 Å². The topological polar surface area (TPSA) is 90.1 Å². The second-order valence-corrected chi connectivity index (χ2v) is 9.67. The number of benzene rings is 1. The lowest BCUT2D eigenvalue weighted by Crippen LogP contribution is -2.35. The fourth-order valence-electron chi connectivity index (χ4n) is 4.26. The number of aryl methyl sites for hydroxylation is 1. The highest BCUT2D eigenvalue weighted by Gasteiger charge is 2.19. The number of anilines is 2. The lowest BCUT2D eigenvalue weighted by Gasteiger charge is -2.30. The summed E-state index contributed by atoms with van der Waals surface area (Å²) in [6.07, 6.45) is 5.36. The van der Waals surface area contributed by atoms with E-state index in [4.69, 9.17) is 9.72 Å². The predicted octanol–water partition coefficient (Wildman–Crippen LogP) is 3.33. The quantitative estimate of drug-likeness (QED) is 0.423. The minimum atomic E-state index is -0.199. The molecule has 0 radical (unpaired) electrons. The maximum atomic E-state index is 13.4. The number of hydrogen-bond acceptors (Lipinski definition) is 7. The van der Waals surface area contributed by atoms with Gasteiger partial charge in [0.05, 0.1) is 24.8 Å². The Morgan fingerprint density at radius 3 is 2.70 bits per heavy atom. The summed E-state index contributed by atoms with van der Waals surface area (Å²) in [5.74, 6) is 7.43. The van der Waals surface area contributed by atoms with Crippen LogP contribution >= 0.6 is 0 Å². The fourth-order valence-corrected chi connectivity index (χ4v) is 4.26. The first kappa shape index (κ1) is 24.7. The average Bonchev–Trinajstić information content (AvgIpc) is 3.29. The molecule has 0 saturated carbocycles.